The quantitative estimate of drug-likeness (QED) is 0.792. The summed E-state index contributed by atoms with van der Waals surface area (Å²) in [5.74, 6) is -0.115. The van der Waals surface area contributed by atoms with Crippen LogP contribution in [0, 0.1) is 13.8 Å². The lowest BCUT2D eigenvalue weighted by molar-refractivity contribution is 0.569. The Bertz CT molecular complexity index is 940. The van der Waals surface area contributed by atoms with E-state index >= 15 is 0 Å². The number of hydrogen-bond acceptors (Lipinski definition) is 5. The molecule has 1 N–H and O–H groups in total. The third-order valence-electron chi connectivity index (χ3n) is 4.11. The van der Waals surface area contributed by atoms with Crippen molar-refractivity contribution < 1.29 is 16.8 Å². The zero-order valence-electron chi connectivity index (χ0n) is 14.4. The first kappa shape index (κ1) is 19.6. The van der Waals surface area contributed by atoms with Gasteiger partial charge in [0.1, 0.15) is 5.25 Å². The SMILES string of the molecule is CCS(=O)(=O)NC[C@H](c1cccnc1)S(=O)(=O)c1ccc(C)c(C)c1. The number of nitrogens with zero attached hydrogens (tertiary/aromatic N) is 1. The molecule has 0 unspecified atom stereocenters. The van der Waals surface area contributed by atoms with Crippen molar-refractivity contribution in [1.82, 2.24) is 9.71 Å². The van der Waals surface area contributed by atoms with E-state index in [1.54, 1.807) is 36.5 Å². The number of benzene rings is 1. The molecule has 6 nitrogen and oxygen atoms in total. The van der Waals surface area contributed by atoms with E-state index < -0.39 is 25.1 Å². The van der Waals surface area contributed by atoms with E-state index in [1.165, 1.54) is 13.1 Å². The second-order valence-electron chi connectivity index (χ2n) is 5.82. The highest BCUT2D eigenvalue weighted by atomic mass is 32.2. The largest absolute Gasteiger partial charge is 0.264 e. The van der Waals surface area contributed by atoms with Crippen LogP contribution in [0.1, 0.15) is 28.9 Å². The fourth-order valence-corrected chi connectivity index (χ4v) is 4.79. The Labute approximate surface area is 149 Å². The van der Waals surface area contributed by atoms with Crippen LogP contribution in [0.5, 0.6) is 0 Å². The summed E-state index contributed by atoms with van der Waals surface area (Å²) in [6.07, 6.45) is 2.99. The highest BCUT2D eigenvalue weighted by Crippen LogP contribution is 2.29. The molecule has 0 spiro atoms. The normalized spacial score (nSPS) is 13.6. The van der Waals surface area contributed by atoms with E-state index in [2.05, 4.69) is 9.71 Å². The summed E-state index contributed by atoms with van der Waals surface area (Å²) in [6, 6.07) is 8.18. The van der Waals surface area contributed by atoms with Crippen LogP contribution < -0.4 is 4.72 Å². The van der Waals surface area contributed by atoms with Crippen LogP contribution in [-0.4, -0.2) is 34.1 Å². The maximum absolute atomic E-state index is 13.1. The molecule has 1 atom stereocenters. The average molecular weight is 383 g/mol. The van der Waals surface area contributed by atoms with Crippen LogP contribution in [0.4, 0.5) is 0 Å². The van der Waals surface area contributed by atoms with E-state index in [9.17, 15) is 16.8 Å². The lowest BCUT2D eigenvalue weighted by atomic mass is 10.1. The lowest BCUT2D eigenvalue weighted by Gasteiger charge is -2.19. The summed E-state index contributed by atoms with van der Waals surface area (Å²) in [6.45, 7) is 5.00. The van der Waals surface area contributed by atoms with E-state index in [-0.39, 0.29) is 17.2 Å². The van der Waals surface area contributed by atoms with E-state index in [0.717, 1.165) is 11.1 Å². The number of rotatable bonds is 7. The van der Waals surface area contributed by atoms with Crippen molar-refractivity contribution in [3.63, 3.8) is 0 Å². The van der Waals surface area contributed by atoms with Crippen LogP contribution in [0.25, 0.3) is 0 Å². The van der Waals surface area contributed by atoms with Gasteiger partial charge in [0.25, 0.3) is 0 Å². The number of sulfone groups is 1. The molecular formula is C17H22N2O4S2. The zero-order chi connectivity index (χ0) is 18.7. The van der Waals surface area contributed by atoms with Gasteiger partial charge in [-0.25, -0.2) is 21.6 Å². The minimum atomic E-state index is -3.79. The molecule has 8 heteroatoms. The molecular weight excluding hydrogens is 360 g/mol. The minimum Gasteiger partial charge on any atom is -0.264 e. The van der Waals surface area contributed by atoms with Gasteiger partial charge in [-0.05, 0) is 55.7 Å². The highest BCUT2D eigenvalue weighted by Gasteiger charge is 2.30. The number of aromatic nitrogens is 1. The smallest absolute Gasteiger partial charge is 0.211 e. The predicted molar refractivity (Wildman–Crippen MR) is 97.5 cm³/mol. The molecule has 0 fully saturated rings. The third-order valence-corrected chi connectivity index (χ3v) is 7.57. The van der Waals surface area contributed by atoms with Crippen molar-refractivity contribution in [3.8, 4) is 0 Å². The molecule has 1 aromatic carbocycles. The Morgan fingerprint density at radius 1 is 1.08 bits per heavy atom. The molecule has 2 aromatic rings. The molecule has 0 aliphatic heterocycles. The fraction of sp³-hybridized carbons (Fsp3) is 0.353. The number of sulfonamides is 1. The van der Waals surface area contributed by atoms with Gasteiger partial charge in [0, 0.05) is 18.9 Å². The molecule has 0 radical (unpaired) electrons. The first-order chi connectivity index (χ1) is 11.7. The van der Waals surface area contributed by atoms with Crippen molar-refractivity contribution in [2.75, 3.05) is 12.3 Å². The van der Waals surface area contributed by atoms with Crippen LogP contribution in [0.3, 0.4) is 0 Å². The molecule has 25 heavy (non-hydrogen) atoms. The van der Waals surface area contributed by atoms with Crippen LogP contribution in [0.2, 0.25) is 0 Å². The Balaban J connectivity index is 2.48. The first-order valence-electron chi connectivity index (χ1n) is 7.86. The summed E-state index contributed by atoms with van der Waals surface area (Å²) in [7, 11) is -7.31. The Morgan fingerprint density at radius 3 is 2.36 bits per heavy atom. The Hall–Kier alpha value is -1.77. The molecule has 0 bridgehead atoms. The van der Waals surface area contributed by atoms with Gasteiger partial charge in [-0.1, -0.05) is 12.1 Å². The van der Waals surface area contributed by atoms with Crippen molar-refractivity contribution in [1.29, 1.82) is 0 Å². The minimum absolute atomic E-state index is 0.115. The van der Waals surface area contributed by atoms with Crippen LogP contribution in [0.15, 0.2) is 47.6 Å². The van der Waals surface area contributed by atoms with Crippen LogP contribution >= 0.6 is 0 Å². The van der Waals surface area contributed by atoms with Gasteiger partial charge in [0.15, 0.2) is 9.84 Å². The van der Waals surface area contributed by atoms with Crippen molar-refractivity contribution in [3.05, 3.63) is 59.4 Å². The van der Waals surface area contributed by atoms with E-state index in [0.29, 0.717) is 5.56 Å². The molecule has 2 rings (SSSR count). The average Bonchev–Trinajstić information content (AvgIpc) is 2.58. The van der Waals surface area contributed by atoms with Gasteiger partial charge < -0.3 is 0 Å². The summed E-state index contributed by atoms with van der Waals surface area (Å²) >= 11 is 0. The van der Waals surface area contributed by atoms with Gasteiger partial charge in [0.05, 0.1) is 10.6 Å². The summed E-state index contributed by atoms with van der Waals surface area (Å²) in [4.78, 5) is 4.13. The maximum Gasteiger partial charge on any atom is 0.211 e. The lowest BCUT2D eigenvalue weighted by Crippen LogP contribution is -2.33. The van der Waals surface area contributed by atoms with Gasteiger partial charge in [-0.3, -0.25) is 4.98 Å². The Kier molecular flexibility index (Phi) is 5.97. The molecule has 0 aliphatic rings. The van der Waals surface area contributed by atoms with Crippen LogP contribution in [-0.2, 0) is 19.9 Å². The second-order valence-corrected chi connectivity index (χ2v) is 10.0. The molecule has 136 valence electrons. The van der Waals surface area contributed by atoms with Gasteiger partial charge in [0.2, 0.25) is 10.0 Å². The fourth-order valence-electron chi connectivity index (χ4n) is 2.33. The molecule has 0 saturated heterocycles. The molecule has 0 amide bonds. The number of hydrogen-bond donors (Lipinski definition) is 1. The highest BCUT2D eigenvalue weighted by molar-refractivity contribution is 7.92. The maximum atomic E-state index is 13.1. The first-order valence-corrected chi connectivity index (χ1v) is 11.1. The monoisotopic (exact) mass is 382 g/mol. The number of pyridine rings is 1. The van der Waals surface area contributed by atoms with Crippen molar-refractivity contribution in [2.24, 2.45) is 0 Å². The standard InChI is InChI=1S/C17H22N2O4S2/c1-4-24(20,21)19-12-17(15-6-5-9-18-11-15)25(22,23)16-8-7-13(2)14(3)10-16/h5-11,17,19H,4,12H2,1-3H3/t17-/m1/s1. The Morgan fingerprint density at radius 2 is 1.80 bits per heavy atom. The predicted octanol–water partition coefficient (Wildman–Crippen LogP) is 2.15. The van der Waals surface area contributed by atoms with E-state index in [1.807, 2.05) is 13.8 Å². The van der Waals surface area contributed by atoms with Gasteiger partial charge in [-0.15, -0.1) is 0 Å². The number of nitrogens with one attached hydrogen (secondary N) is 1. The molecule has 1 aromatic heterocycles. The molecule has 1 heterocycles. The van der Waals surface area contributed by atoms with Crippen molar-refractivity contribution in [2.45, 2.75) is 30.9 Å². The third kappa shape index (κ3) is 4.65. The topological polar surface area (TPSA) is 93.2 Å². The summed E-state index contributed by atoms with van der Waals surface area (Å²) < 4.78 is 52.2. The summed E-state index contributed by atoms with van der Waals surface area (Å²) in [5, 5.41) is -1.05. The van der Waals surface area contributed by atoms with Gasteiger partial charge in [-0.2, -0.15) is 0 Å². The molecule has 0 aliphatic carbocycles. The second kappa shape index (κ2) is 7.63. The summed E-state index contributed by atoms with van der Waals surface area (Å²) in [5.41, 5.74) is 2.29. The zero-order valence-corrected chi connectivity index (χ0v) is 16.1. The number of aryl methyl sites for hydroxylation is 2. The van der Waals surface area contributed by atoms with Gasteiger partial charge >= 0.3 is 0 Å². The molecule has 0 saturated carbocycles. The van der Waals surface area contributed by atoms with Crippen molar-refractivity contribution >= 4 is 19.9 Å². The van der Waals surface area contributed by atoms with E-state index in [4.69, 9.17) is 0 Å².